The zero-order valence-corrected chi connectivity index (χ0v) is 16.8. The zero-order valence-electron chi connectivity index (χ0n) is 16.0. The Hall–Kier alpha value is -3.79. The molecule has 0 aliphatic carbocycles. The molecule has 0 fully saturated rings. The van der Waals surface area contributed by atoms with E-state index in [4.69, 9.17) is 9.47 Å². The second kappa shape index (κ2) is 10.1. The lowest BCUT2D eigenvalue weighted by Crippen LogP contribution is -2.07. The summed E-state index contributed by atoms with van der Waals surface area (Å²) < 4.78 is 10.6. The molecule has 0 atom stereocenters. The average molecular weight is 426 g/mol. The van der Waals surface area contributed by atoms with Gasteiger partial charge in [-0.2, -0.15) is 5.10 Å². The average Bonchev–Trinajstić information content (AvgIpc) is 3.16. The van der Waals surface area contributed by atoms with Crippen LogP contribution in [-0.2, 0) is 16.0 Å². The van der Waals surface area contributed by atoms with E-state index < -0.39 is 4.92 Å². The Morgan fingerprint density at radius 2 is 2.07 bits per heavy atom. The van der Waals surface area contributed by atoms with Crippen molar-refractivity contribution in [3.05, 3.63) is 75.3 Å². The lowest BCUT2D eigenvalue weighted by atomic mass is 10.2. The van der Waals surface area contributed by atoms with Crippen LogP contribution < -0.4 is 10.2 Å². The van der Waals surface area contributed by atoms with Crippen LogP contribution in [0.15, 0.2) is 59.0 Å². The number of hydrogen-bond donors (Lipinski definition) is 1. The number of carbonyl (C=O) groups is 1. The second-order valence-electron chi connectivity index (χ2n) is 5.89. The van der Waals surface area contributed by atoms with E-state index in [1.807, 2.05) is 18.2 Å². The number of aromatic nitrogens is 1. The minimum absolute atomic E-state index is 0.0695. The molecule has 10 heteroatoms. The summed E-state index contributed by atoms with van der Waals surface area (Å²) in [4.78, 5) is 26.6. The standard InChI is InChI=1S/C20H18N4O5S/c1-2-28-19(25)11-15-13-30-20(22-15)23-21-12-14-10-17(8-9-18(14)24(26)27)29-16-6-4-3-5-7-16/h3-10,12-13H,2,11H2,1H3,(H,22,23). The van der Waals surface area contributed by atoms with Gasteiger partial charge < -0.3 is 9.47 Å². The maximum absolute atomic E-state index is 11.5. The molecule has 0 unspecified atom stereocenters. The number of para-hydroxylation sites is 1. The van der Waals surface area contributed by atoms with Crippen molar-refractivity contribution in [2.45, 2.75) is 13.3 Å². The first-order valence-corrected chi connectivity index (χ1v) is 9.83. The van der Waals surface area contributed by atoms with Crippen LogP contribution >= 0.6 is 11.3 Å². The van der Waals surface area contributed by atoms with Gasteiger partial charge in [0, 0.05) is 11.4 Å². The summed E-state index contributed by atoms with van der Waals surface area (Å²) in [6.45, 7) is 2.05. The summed E-state index contributed by atoms with van der Waals surface area (Å²) in [5, 5.41) is 17.5. The monoisotopic (exact) mass is 426 g/mol. The molecule has 0 bridgehead atoms. The van der Waals surface area contributed by atoms with E-state index >= 15 is 0 Å². The molecule has 0 radical (unpaired) electrons. The largest absolute Gasteiger partial charge is 0.466 e. The Morgan fingerprint density at radius 3 is 2.80 bits per heavy atom. The summed E-state index contributed by atoms with van der Waals surface area (Å²) in [5.41, 5.74) is 3.43. The van der Waals surface area contributed by atoms with Gasteiger partial charge in [0.1, 0.15) is 11.5 Å². The Kier molecular flexibility index (Phi) is 7.06. The van der Waals surface area contributed by atoms with Crippen LogP contribution in [0.5, 0.6) is 11.5 Å². The number of anilines is 1. The molecule has 2 aromatic carbocycles. The number of carbonyl (C=O) groups excluding carboxylic acids is 1. The maximum Gasteiger partial charge on any atom is 0.311 e. The number of thiazole rings is 1. The third-order valence-corrected chi connectivity index (χ3v) is 4.52. The Morgan fingerprint density at radius 1 is 1.27 bits per heavy atom. The van der Waals surface area contributed by atoms with Crippen molar-refractivity contribution in [1.29, 1.82) is 0 Å². The third kappa shape index (κ3) is 5.85. The van der Waals surface area contributed by atoms with Crippen LogP contribution in [0.2, 0.25) is 0 Å². The van der Waals surface area contributed by atoms with Crippen molar-refractivity contribution in [2.24, 2.45) is 5.10 Å². The molecular formula is C20H18N4O5S. The first-order valence-electron chi connectivity index (χ1n) is 8.95. The SMILES string of the molecule is CCOC(=O)Cc1csc(NN=Cc2cc(Oc3ccccc3)ccc2[N+](=O)[O-])n1. The molecule has 0 saturated carbocycles. The van der Waals surface area contributed by atoms with Crippen LogP contribution in [-0.4, -0.2) is 28.7 Å². The van der Waals surface area contributed by atoms with Gasteiger partial charge in [-0.05, 0) is 31.2 Å². The van der Waals surface area contributed by atoms with E-state index in [9.17, 15) is 14.9 Å². The van der Waals surface area contributed by atoms with Gasteiger partial charge in [-0.15, -0.1) is 11.3 Å². The number of rotatable bonds is 9. The van der Waals surface area contributed by atoms with Crippen molar-refractivity contribution in [1.82, 2.24) is 4.98 Å². The third-order valence-electron chi connectivity index (χ3n) is 3.72. The van der Waals surface area contributed by atoms with Gasteiger partial charge in [0.25, 0.3) is 5.69 Å². The van der Waals surface area contributed by atoms with E-state index in [0.29, 0.717) is 28.9 Å². The number of esters is 1. The molecule has 0 aliphatic rings. The molecule has 30 heavy (non-hydrogen) atoms. The normalized spacial score (nSPS) is 10.7. The minimum Gasteiger partial charge on any atom is -0.466 e. The van der Waals surface area contributed by atoms with Gasteiger partial charge in [-0.1, -0.05) is 18.2 Å². The molecule has 9 nitrogen and oxygen atoms in total. The van der Waals surface area contributed by atoms with Crippen molar-refractivity contribution in [3.8, 4) is 11.5 Å². The van der Waals surface area contributed by atoms with Crippen LogP contribution in [0.25, 0.3) is 0 Å². The predicted molar refractivity (Wildman–Crippen MR) is 113 cm³/mol. The number of hydrazone groups is 1. The molecule has 0 spiro atoms. The van der Waals surface area contributed by atoms with Crippen LogP contribution in [0.3, 0.4) is 0 Å². The van der Waals surface area contributed by atoms with E-state index in [0.717, 1.165) is 0 Å². The van der Waals surface area contributed by atoms with Gasteiger partial charge in [-0.25, -0.2) is 4.98 Å². The highest BCUT2D eigenvalue weighted by atomic mass is 32.1. The maximum atomic E-state index is 11.5. The summed E-state index contributed by atoms with van der Waals surface area (Å²) in [6, 6.07) is 13.5. The Balaban J connectivity index is 1.70. The first kappa shape index (κ1) is 20.9. The number of nitro benzene ring substituents is 1. The molecule has 0 amide bonds. The summed E-state index contributed by atoms with van der Waals surface area (Å²) in [7, 11) is 0. The highest BCUT2D eigenvalue weighted by Gasteiger charge is 2.14. The fourth-order valence-electron chi connectivity index (χ4n) is 2.45. The zero-order chi connectivity index (χ0) is 21.3. The van der Waals surface area contributed by atoms with Gasteiger partial charge in [-0.3, -0.25) is 20.3 Å². The van der Waals surface area contributed by atoms with E-state index in [2.05, 4.69) is 15.5 Å². The van der Waals surface area contributed by atoms with Gasteiger partial charge in [0.2, 0.25) is 5.13 Å². The Labute approximate surface area is 176 Å². The van der Waals surface area contributed by atoms with E-state index in [1.54, 1.807) is 24.4 Å². The number of hydrogen-bond acceptors (Lipinski definition) is 9. The number of benzene rings is 2. The van der Waals surface area contributed by atoms with Crippen LogP contribution in [0.4, 0.5) is 10.8 Å². The Bertz CT molecular complexity index is 1050. The molecular weight excluding hydrogens is 408 g/mol. The number of nitrogens with zero attached hydrogens (tertiary/aromatic N) is 3. The molecule has 154 valence electrons. The predicted octanol–water partition coefficient (Wildman–Crippen LogP) is 4.40. The van der Waals surface area contributed by atoms with Crippen molar-refractivity contribution in [3.63, 3.8) is 0 Å². The topological polar surface area (TPSA) is 116 Å². The summed E-state index contributed by atoms with van der Waals surface area (Å²) in [6.07, 6.45) is 1.39. The molecule has 1 N–H and O–H groups in total. The quantitative estimate of drug-likeness (QED) is 0.233. The highest BCUT2D eigenvalue weighted by molar-refractivity contribution is 7.13. The smallest absolute Gasteiger partial charge is 0.311 e. The number of nitro groups is 1. The fourth-order valence-corrected chi connectivity index (χ4v) is 3.11. The second-order valence-corrected chi connectivity index (χ2v) is 6.75. The van der Waals surface area contributed by atoms with Gasteiger partial charge >= 0.3 is 5.97 Å². The van der Waals surface area contributed by atoms with Gasteiger partial charge in [0.05, 0.1) is 35.4 Å². The molecule has 3 aromatic rings. The van der Waals surface area contributed by atoms with Crippen LogP contribution in [0.1, 0.15) is 18.2 Å². The minimum atomic E-state index is -0.492. The molecule has 0 saturated heterocycles. The summed E-state index contributed by atoms with van der Waals surface area (Å²) >= 11 is 1.26. The van der Waals surface area contributed by atoms with Crippen LogP contribution in [0, 0.1) is 10.1 Å². The molecule has 0 aliphatic heterocycles. The van der Waals surface area contributed by atoms with Crippen molar-refractivity contribution < 1.29 is 19.2 Å². The van der Waals surface area contributed by atoms with Gasteiger partial charge in [0.15, 0.2) is 0 Å². The highest BCUT2D eigenvalue weighted by Crippen LogP contribution is 2.27. The summed E-state index contributed by atoms with van der Waals surface area (Å²) in [5.74, 6) is 0.701. The lowest BCUT2D eigenvalue weighted by molar-refractivity contribution is -0.385. The number of ether oxygens (including phenoxy) is 2. The number of nitrogens with one attached hydrogen (secondary N) is 1. The molecule has 1 heterocycles. The lowest BCUT2D eigenvalue weighted by Gasteiger charge is -2.06. The van der Waals surface area contributed by atoms with Crippen molar-refractivity contribution >= 4 is 34.3 Å². The van der Waals surface area contributed by atoms with E-state index in [-0.39, 0.29) is 23.6 Å². The molecule has 1 aromatic heterocycles. The fraction of sp³-hybridized carbons (Fsp3) is 0.150. The van der Waals surface area contributed by atoms with Crippen molar-refractivity contribution in [2.75, 3.05) is 12.0 Å². The first-order chi connectivity index (χ1) is 14.5. The van der Waals surface area contributed by atoms with E-state index in [1.165, 1.54) is 35.8 Å². The molecule has 3 rings (SSSR count).